The Morgan fingerprint density at radius 3 is 2.58 bits per heavy atom. The second-order valence-corrected chi connectivity index (χ2v) is 8.98. The molecule has 2 N–H and O–H groups in total. The number of urea groups is 1. The van der Waals surface area contributed by atoms with Gasteiger partial charge in [-0.2, -0.15) is 0 Å². The molecule has 10 nitrogen and oxygen atoms in total. The molecule has 3 aromatic rings. The number of fused-ring (bicyclic) bond motifs is 1. The fourth-order valence-electron chi connectivity index (χ4n) is 4.77. The van der Waals surface area contributed by atoms with Gasteiger partial charge in [-0.05, 0) is 57.5 Å². The number of carbonyl (C=O) groups excluding carboxylic acids is 1. The van der Waals surface area contributed by atoms with Gasteiger partial charge in [-0.15, -0.1) is 0 Å². The summed E-state index contributed by atoms with van der Waals surface area (Å²) in [6.07, 6.45) is 2.64. The van der Waals surface area contributed by atoms with Crippen LogP contribution in [-0.4, -0.2) is 65.4 Å². The van der Waals surface area contributed by atoms with Crippen molar-refractivity contribution < 1.29 is 9.53 Å². The maximum absolute atomic E-state index is 11.9. The van der Waals surface area contributed by atoms with Crippen molar-refractivity contribution in [2.75, 3.05) is 54.5 Å². The molecule has 36 heavy (non-hydrogen) atoms. The number of hydrogen-bond acceptors (Lipinski definition) is 8. The fourth-order valence-corrected chi connectivity index (χ4v) is 4.77. The zero-order valence-corrected chi connectivity index (χ0v) is 21.0. The summed E-state index contributed by atoms with van der Waals surface area (Å²) in [4.78, 5) is 35.5. The van der Waals surface area contributed by atoms with Crippen molar-refractivity contribution in [3.05, 3.63) is 53.6 Å². The van der Waals surface area contributed by atoms with Gasteiger partial charge in [-0.1, -0.05) is 0 Å². The smallest absolute Gasteiger partial charge is 0.319 e. The van der Waals surface area contributed by atoms with Crippen molar-refractivity contribution >= 4 is 23.4 Å². The summed E-state index contributed by atoms with van der Waals surface area (Å²) in [6.45, 7) is 10.4. The third-order valence-electron chi connectivity index (χ3n) is 6.59. The summed E-state index contributed by atoms with van der Waals surface area (Å²) in [5.41, 5.74) is 3.84. The molecule has 2 aromatic heterocycles. The van der Waals surface area contributed by atoms with Crippen LogP contribution in [0.3, 0.4) is 0 Å². The van der Waals surface area contributed by atoms with Crippen LogP contribution in [0.4, 0.5) is 22.1 Å². The van der Waals surface area contributed by atoms with E-state index >= 15 is 0 Å². The van der Waals surface area contributed by atoms with E-state index in [0.29, 0.717) is 25.6 Å². The molecule has 188 valence electrons. The summed E-state index contributed by atoms with van der Waals surface area (Å²) in [6, 6.07) is 9.42. The van der Waals surface area contributed by atoms with Gasteiger partial charge in [0.25, 0.3) is 0 Å². The third kappa shape index (κ3) is 4.94. The SMILES string of the molecule is CCNC(=O)Nc1ccc(-c2nc3c(c(N4CCOCC4)n2)CCN(c2ccnc(C)n2)[C@H]3C)cc1. The van der Waals surface area contributed by atoms with E-state index in [-0.39, 0.29) is 12.1 Å². The van der Waals surface area contributed by atoms with Crippen molar-refractivity contribution in [1.82, 2.24) is 25.3 Å². The normalized spacial score (nSPS) is 17.5. The zero-order valence-electron chi connectivity index (χ0n) is 21.0. The monoisotopic (exact) mass is 488 g/mol. The number of nitrogens with one attached hydrogen (secondary N) is 2. The Kier molecular flexibility index (Phi) is 6.95. The number of hydrogen-bond donors (Lipinski definition) is 2. The molecule has 0 bridgehead atoms. The van der Waals surface area contributed by atoms with Gasteiger partial charge in [0.15, 0.2) is 5.82 Å². The fraction of sp³-hybridized carbons (Fsp3) is 0.423. The Morgan fingerprint density at radius 1 is 1.08 bits per heavy atom. The lowest BCUT2D eigenvalue weighted by molar-refractivity contribution is 0.122. The van der Waals surface area contributed by atoms with Crippen LogP contribution in [-0.2, 0) is 11.2 Å². The van der Waals surface area contributed by atoms with Gasteiger partial charge in [-0.25, -0.2) is 24.7 Å². The summed E-state index contributed by atoms with van der Waals surface area (Å²) < 4.78 is 5.60. The highest BCUT2D eigenvalue weighted by atomic mass is 16.5. The van der Waals surface area contributed by atoms with Crippen LogP contribution in [0.25, 0.3) is 11.4 Å². The molecule has 2 amide bonds. The van der Waals surface area contributed by atoms with Crippen molar-refractivity contribution in [2.45, 2.75) is 33.2 Å². The molecule has 10 heteroatoms. The Hall–Kier alpha value is -3.79. The first-order valence-electron chi connectivity index (χ1n) is 12.5. The van der Waals surface area contributed by atoms with E-state index in [1.54, 1.807) is 6.20 Å². The highest BCUT2D eigenvalue weighted by molar-refractivity contribution is 5.89. The molecule has 4 heterocycles. The van der Waals surface area contributed by atoms with Crippen LogP contribution in [0.1, 0.15) is 37.0 Å². The van der Waals surface area contributed by atoms with Crippen molar-refractivity contribution in [3.63, 3.8) is 0 Å². The van der Waals surface area contributed by atoms with Gasteiger partial charge in [0.05, 0.1) is 24.9 Å². The van der Waals surface area contributed by atoms with E-state index in [4.69, 9.17) is 14.7 Å². The van der Waals surface area contributed by atoms with Gasteiger partial charge in [0.1, 0.15) is 17.5 Å². The molecular formula is C26H32N8O2. The molecular weight excluding hydrogens is 456 g/mol. The molecule has 0 radical (unpaired) electrons. The highest BCUT2D eigenvalue weighted by Crippen LogP contribution is 2.37. The number of nitrogens with zero attached hydrogens (tertiary/aromatic N) is 6. The summed E-state index contributed by atoms with van der Waals surface area (Å²) in [5.74, 6) is 3.33. The quantitative estimate of drug-likeness (QED) is 0.563. The number of carbonyl (C=O) groups is 1. The predicted octanol–water partition coefficient (Wildman–Crippen LogP) is 3.34. The van der Waals surface area contributed by atoms with Gasteiger partial charge in [-0.3, -0.25) is 0 Å². The number of anilines is 3. The molecule has 1 fully saturated rings. The standard InChI is InChI=1S/C26H32N8O2/c1-4-27-26(35)30-20-7-5-19(6-8-20)24-31-23-17(2)34(22-9-11-28-18(3)29-22)12-10-21(23)25(32-24)33-13-15-36-16-14-33/h5-9,11,17H,4,10,12-16H2,1-3H3,(H2,27,30,35)/t17-/m0/s1. The average Bonchev–Trinajstić information content (AvgIpc) is 2.89. The Morgan fingerprint density at radius 2 is 1.86 bits per heavy atom. The van der Waals surface area contributed by atoms with E-state index in [1.165, 1.54) is 5.56 Å². The van der Waals surface area contributed by atoms with Crippen LogP contribution in [0.5, 0.6) is 0 Å². The van der Waals surface area contributed by atoms with Crippen LogP contribution in [0, 0.1) is 6.92 Å². The molecule has 0 saturated carbocycles. The van der Waals surface area contributed by atoms with Crippen molar-refractivity contribution in [2.24, 2.45) is 0 Å². The van der Waals surface area contributed by atoms with Gasteiger partial charge >= 0.3 is 6.03 Å². The van der Waals surface area contributed by atoms with Crippen molar-refractivity contribution in [1.29, 1.82) is 0 Å². The lowest BCUT2D eigenvalue weighted by Gasteiger charge is -2.38. The van der Waals surface area contributed by atoms with Crippen LogP contribution in [0.15, 0.2) is 36.5 Å². The first-order chi connectivity index (χ1) is 17.5. The topological polar surface area (TPSA) is 108 Å². The lowest BCUT2D eigenvalue weighted by Crippen LogP contribution is -2.40. The zero-order chi connectivity index (χ0) is 25.1. The molecule has 0 unspecified atom stereocenters. The molecule has 1 atom stereocenters. The number of amides is 2. The minimum absolute atomic E-state index is 0.0308. The summed E-state index contributed by atoms with van der Waals surface area (Å²) in [5, 5.41) is 5.58. The molecule has 1 aromatic carbocycles. The molecule has 0 spiro atoms. The molecule has 0 aliphatic carbocycles. The second kappa shape index (κ2) is 10.4. The minimum Gasteiger partial charge on any atom is -0.378 e. The molecule has 1 saturated heterocycles. The minimum atomic E-state index is -0.223. The summed E-state index contributed by atoms with van der Waals surface area (Å²) >= 11 is 0. The van der Waals surface area contributed by atoms with E-state index in [2.05, 4.69) is 37.3 Å². The molecule has 2 aliphatic rings. The van der Waals surface area contributed by atoms with E-state index < -0.39 is 0 Å². The molecule has 5 rings (SSSR count). The van der Waals surface area contributed by atoms with Crippen molar-refractivity contribution in [3.8, 4) is 11.4 Å². The highest BCUT2D eigenvalue weighted by Gasteiger charge is 2.31. The average molecular weight is 489 g/mol. The maximum Gasteiger partial charge on any atom is 0.319 e. The van der Waals surface area contributed by atoms with Gasteiger partial charge in [0.2, 0.25) is 0 Å². The largest absolute Gasteiger partial charge is 0.378 e. The number of aromatic nitrogens is 4. The third-order valence-corrected chi connectivity index (χ3v) is 6.59. The Labute approximate surface area is 211 Å². The van der Waals surface area contributed by atoms with E-state index in [0.717, 1.165) is 60.5 Å². The number of rotatable bonds is 5. The van der Waals surface area contributed by atoms with Gasteiger partial charge < -0.3 is 25.2 Å². The predicted molar refractivity (Wildman–Crippen MR) is 139 cm³/mol. The Balaban J connectivity index is 1.52. The van der Waals surface area contributed by atoms with Gasteiger partial charge in [0, 0.05) is 49.2 Å². The van der Waals surface area contributed by atoms with Crippen LogP contribution in [0.2, 0.25) is 0 Å². The lowest BCUT2D eigenvalue weighted by atomic mass is 9.98. The first kappa shape index (κ1) is 23.9. The van der Waals surface area contributed by atoms with E-state index in [9.17, 15) is 4.79 Å². The summed E-state index contributed by atoms with van der Waals surface area (Å²) in [7, 11) is 0. The number of ether oxygens (including phenoxy) is 1. The maximum atomic E-state index is 11.9. The van der Waals surface area contributed by atoms with E-state index in [1.807, 2.05) is 44.2 Å². The Bertz CT molecular complexity index is 1230. The number of morpholine rings is 1. The molecule has 2 aliphatic heterocycles. The second-order valence-electron chi connectivity index (χ2n) is 8.98. The number of aryl methyl sites for hydroxylation is 1. The number of benzene rings is 1. The van der Waals surface area contributed by atoms with Crippen LogP contribution < -0.4 is 20.4 Å². The first-order valence-corrected chi connectivity index (χ1v) is 12.5. The van der Waals surface area contributed by atoms with Crippen LogP contribution >= 0.6 is 0 Å².